The predicted octanol–water partition coefficient (Wildman–Crippen LogP) is 8.88. The van der Waals surface area contributed by atoms with Crippen LogP contribution < -0.4 is 9.47 Å². The Hall–Kier alpha value is 0.280. The lowest BCUT2D eigenvalue weighted by Gasteiger charge is -2.20. The summed E-state index contributed by atoms with van der Waals surface area (Å²) in [4.78, 5) is 0. The molecule has 0 fully saturated rings. The zero-order valence-corrected chi connectivity index (χ0v) is 22.4. The van der Waals surface area contributed by atoms with Crippen molar-refractivity contribution in [2.24, 2.45) is 0 Å². The molecule has 2 rings (SSSR count). The fraction of sp³-hybridized carbons (Fsp3) is 0.400. The minimum absolute atomic E-state index is 0.00349. The SMILES string of the molecule is OCCCCOc1c(Cl)c(Cl)c(-c2c(Cl)c(Cl)c(OCCCCO)c(Cl)c2Cl)c(Cl)c1Cl. The Labute approximate surface area is 226 Å². The number of hydrogen-bond acceptors (Lipinski definition) is 4. The van der Waals surface area contributed by atoms with Crippen LogP contribution in [0.2, 0.25) is 40.2 Å². The van der Waals surface area contributed by atoms with E-state index >= 15 is 0 Å². The van der Waals surface area contributed by atoms with Gasteiger partial charge < -0.3 is 19.7 Å². The molecule has 0 bridgehead atoms. The van der Waals surface area contributed by atoms with Gasteiger partial charge in [0.05, 0.1) is 33.3 Å². The van der Waals surface area contributed by atoms with Gasteiger partial charge in [-0.1, -0.05) is 92.8 Å². The van der Waals surface area contributed by atoms with Crippen LogP contribution in [-0.2, 0) is 0 Å². The molecule has 0 unspecified atom stereocenters. The Kier molecular flexibility index (Phi) is 11.9. The fourth-order valence-electron chi connectivity index (χ4n) is 2.69. The first-order chi connectivity index (χ1) is 15.2. The highest BCUT2D eigenvalue weighted by Crippen LogP contribution is 2.56. The van der Waals surface area contributed by atoms with E-state index in [2.05, 4.69) is 0 Å². The first kappa shape index (κ1) is 28.5. The Bertz CT molecular complexity index is 832. The van der Waals surface area contributed by atoms with Gasteiger partial charge in [0.1, 0.15) is 20.1 Å². The molecule has 0 amide bonds. The topological polar surface area (TPSA) is 58.9 Å². The van der Waals surface area contributed by atoms with Gasteiger partial charge in [0.15, 0.2) is 11.5 Å². The molecule has 0 heterocycles. The molecule has 0 aromatic heterocycles. The second-order valence-electron chi connectivity index (χ2n) is 6.48. The molecular formula is C20H18Cl8O4. The van der Waals surface area contributed by atoms with E-state index in [4.69, 9.17) is 112 Å². The van der Waals surface area contributed by atoms with E-state index in [1.807, 2.05) is 0 Å². The minimum atomic E-state index is -0.00854. The molecule has 4 nitrogen and oxygen atoms in total. The number of halogens is 8. The van der Waals surface area contributed by atoms with E-state index in [0.717, 1.165) is 0 Å². The van der Waals surface area contributed by atoms with Crippen molar-refractivity contribution in [3.8, 4) is 22.6 Å². The first-order valence-electron chi connectivity index (χ1n) is 9.38. The van der Waals surface area contributed by atoms with Crippen LogP contribution >= 0.6 is 92.8 Å². The second-order valence-corrected chi connectivity index (χ2v) is 9.50. The molecule has 0 aliphatic carbocycles. The standard InChI is InChI=1S/C20H18Cl8O4/c21-11-9(12(22)16(26)19(15(11)25)31-7-3-1-5-29)10-13(23)17(27)20(18(28)14(10)24)32-8-4-2-6-30/h29-30H,1-8H2. The molecule has 2 aromatic rings. The number of aliphatic hydroxyl groups excluding tert-OH is 2. The van der Waals surface area contributed by atoms with Crippen molar-refractivity contribution in [1.29, 1.82) is 0 Å². The van der Waals surface area contributed by atoms with Crippen LogP contribution in [-0.4, -0.2) is 36.6 Å². The van der Waals surface area contributed by atoms with Gasteiger partial charge in [0.25, 0.3) is 0 Å². The smallest absolute Gasteiger partial charge is 0.159 e. The van der Waals surface area contributed by atoms with E-state index in [-0.39, 0.29) is 89.2 Å². The summed E-state index contributed by atoms with van der Waals surface area (Å²) in [5.41, 5.74) is 0.272. The lowest BCUT2D eigenvalue weighted by molar-refractivity contribution is 0.253. The van der Waals surface area contributed by atoms with Crippen molar-refractivity contribution < 1.29 is 19.7 Å². The highest BCUT2D eigenvalue weighted by atomic mass is 35.5. The predicted molar refractivity (Wildman–Crippen MR) is 136 cm³/mol. The lowest BCUT2D eigenvalue weighted by atomic mass is 10.0. The van der Waals surface area contributed by atoms with Gasteiger partial charge in [0, 0.05) is 24.3 Å². The third-order valence-electron chi connectivity index (χ3n) is 4.29. The summed E-state index contributed by atoms with van der Waals surface area (Å²) in [5, 5.41) is 17.8. The number of rotatable bonds is 11. The van der Waals surface area contributed by atoms with Crippen LogP contribution in [0, 0.1) is 0 Å². The van der Waals surface area contributed by atoms with Crippen LogP contribution in [0.4, 0.5) is 0 Å². The third kappa shape index (κ3) is 6.28. The summed E-state index contributed by atoms with van der Waals surface area (Å²) in [5.74, 6) is 0.191. The van der Waals surface area contributed by atoms with Gasteiger partial charge in [-0.15, -0.1) is 0 Å². The van der Waals surface area contributed by atoms with E-state index in [9.17, 15) is 0 Å². The number of ether oxygens (including phenoxy) is 2. The molecule has 178 valence electrons. The van der Waals surface area contributed by atoms with E-state index in [1.165, 1.54) is 0 Å². The number of aliphatic hydroxyl groups is 2. The fourth-order valence-corrected chi connectivity index (χ4v) is 4.96. The summed E-state index contributed by atoms with van der Waals surface area (Å²) in [6, 6.07) is 0. The summed E-state index contributed by atoms with van der Waals surface area (Å²) in [6.45, 7) is 0.552. The maximum atomic E-state index is 8.90. The molecule has 2 N–H and O–H groups in total. The zero-order chi connectivity index (χ0) is 24.0. The summed E-state index contributed by atoms with van der Waals surface area (Å²) in [6.07, 6.45) is 2.24. The lowest BCUT2D eigenvalue weighted by Crippen LogP contribution is -2.02. The van der Waals surface area contributed by atoms with Crippen LogP contribution in [0.25, 0.3) is 11.1 Å². The minimum Gasteiger partial charge on any atom is -0.490 e. The molecule has 0 atom stereocenters. The van der Waals surface area contributed by atoms with Gasteiger partial charge in [-0.3, -0.25) is 0 Å². The van der Waals surface area contributed by atoms with Gasteiger partial charge in [-0.05, 0) is 25.7 Å². The highest BCUT2D eigenvalue weighted by Gasteiger charge is 2.29. The van der Waals surface area contributed by atoms with E-state index in [0.29, 0.717) is 25.7 Å². The molecule has 0 saturated carbocycles. The molecule has 0 aliphatic heterocycles. The largest absolute Gasteiger partial charge is 0.490 e. The molecule has 0 spiro atoms. The average molecular weight is 606 g/mol. The highest BCUT2D eigenvalue weighted by molar-refractivity contribution is 6.55. The molecule has 0 aliphatic rings. The maximum Gasteiger partial charge on any atom is 0.159 e. The van der Waals surface area contributed by atoms with Crippen molar-refractivity contribution in [3.63, 3.8) is 0 Å². The van der Waals surface area contributed by atoms with Gasteiger partial charge >= 0.3 is 0 Å². The van der Waals surface area contributed by atoms with Crippen LogP contribution in [0.1, 0.15) is 25.7 Å². The zero-order valence-electron chi connectivity index (χ0n) is 16.4. The second kappa shape index (κ2) is 13.4. The molecule has 12 heteroatoms. The number of hydrogen-bond donors (Lipinski definition) is 2. The van der Waals surface area contributed by atoms with E-state index < -0.39 is 0 Å². The molecule has 0 radical (unpaired) electrons. The molecular weight excluding hydrogens is 588 g/mol. The van der Waals surface area contributed by atoms with Gasteiger partial charge in [-0.2, -0.15) is 0 Å². The average Bonchev–Trinajstić information content (AvgIpc) is 2.77. The molecule has 2 aromatic carbocycles. The monoisotopic (exact) mass is 602 g/mol. The van der Waals surface area contributed by atoms with Gasteiger partial charge in [-0.25, -0.2) is 0 Å². The normalized spacial score (nSPS) is 11.2. The van der Waals surface area contributed by atoms with Gasteiger partial charge in [0.2, 0.25) is 0 Å². The van der Waals surface area contributed by atoms with Crippen LogP contribution in [0.5, 0.6) is 11.5 Å². The van der Waals surface area contributed by atoms with Crippen molar-refractivity contribution in [1.82, 2.24) is 0 Å². The van der Waals surface area contributed by atoms with E-state index in [1.54, 1.807) is 0 Å². The molecule has 0 saturated heterocycles. The number of benzene rings is 2. The molecule has 32 heavy (non-hydrogen) atoms. The van der Waals surface area contributed by atoms with Crippen molar-refractivity contribution >= 4 is 92.8 Å². The Morgan fingerprint density at radius 2 is 0.719 bits per heavy atom. The summed E-state index contributed by atoms with van der Waals surface area (Å²) >= 11 is 51.6. The quantitative estimate of drug-likeness (QED) is 0.198. The first-order valence-corrected chi connectivity index (χ1v) is 12.4. The number of unbranched alkanes of at least 4 members (excludes halogenated alkanes) is 2. The Morgan fingerprint density at radius 1 is 0.438 bits per heavy atom. The van der Waals surface area contributed by atoms with Crippen LogP contribution in [0.15, 0.2) is 0 Å². The maximum absolute atomic E-state index is 8.90. The van der Waals surface area contributed by atoms with Crippen molar-refractivity contribution in [2.75, 3.05) is 26.4 Å². The van der Waals surface area contributed by atoms with Crippen molar-refractivity contribution in [2.45, 2.75) is 25.7 Å². The summed E-state index contributed by atoms with van der Waals surface area (Å²) in [7, 11) is 0. The Morgan fingerprint density at radius 3 is 0.969 bits per heavy atom. The van der Waals surface area contributed by atoms with Crippen LogP contribution in [0.3, 0.4) is 0 Å². The Balaban J connectivity index is 2.56. The third-order valence-corrected chi connectivity index (χ3v) is 7.64. The summed E-state index contributed by atoms with van der Waals surface area (Å²) < 4.78 is 11.2. The van der Waals surface area contributed by atoms with Crippen molar-refractivity contribution in [3.05, 3.63) is 40.2 Å².